The van der Waals surface area contributed by atoms with Crippen LogP contribution in [-0.2, 0) is 65.4 Å². The maximum absolute atomic E-state index is 13.1. The Morgan fingerprint density at radius 1 is 0.293 bits per heavy atom. The zero-order chi connectivity index (χ0) is 67.9. The zero-order valence-corrected chi connectivity index (χ0v) is 61.6. The molecule has 0 spiro atoms. The second-order valence-electron chi connectivity index (χ2n) is 27.3. The number of hydrogen-bond donors (Lipinski definition) is 3. The number of phosphoric acid groups is 2. The Hall–Kier alpha value is -1.94. The number of esters is 4. The van der Waals surface area contributed by atoms with Crippen LogP contribution < -0.4 is 0 Å². The summed E-state index contributed by atoms with van der Waals surface area (Å²) in [5, 5.41) is 10.6. The summed E-state index contributed by atoms with van der Waals surface area (Å²) in [4.78, 5) is 72.6. The second kappa shape index (κ2) is 65.0. The van der Waals surface area contributed by atoms with Crippen LogP contribution in [0.5, 0.6) is 0 Å². The van der Waals surface area contributed by atoms with Crippen molar-refractivity contribution in [3.63, 3.8) is 0 Å². The number of carbonyl (C=O) groups is 4. The van der Waals surface area contributed by atoms with Crippen molar-refractivity contribution in [3.05, 3.63) is 0 Å². The molecule has 546 valence electrons. The van der Waals surface area contributed by atoms with Crippen molar-refractivity contribution in [2.45, 2.75) is 394 Å². The first-order valence-corrected chi connectivity index (χ1v) is 41.0. The standard InChI is InChI=1S/C73H142O17P2/c1-7-9-11-13-15-17-18-21-27-33-39-45-51-57-72(77)89-68(61-83-70(75)55-49-43-37-16-14-12-10-8-2)63-87-91(79,80)85-59-67(74)60-86-92(81,82)88-64-69(62-84-71(76)56-50-44-38-32-29-24-26-31-36-42-48-54-66(5)6)90-73(78)58-52-46-40-34-28-23-20-19-22-25-30-35-41-47-53-65(3)4/h65-69,74H,7-64H2,1-6H3,(H,79,80)(H,81,82)/t67-,68+,69+/m0/s1. The first-order valence-electron chi connectivity index (χ1n) is 38.0. The summed E-state index contributed by atoms with van der Waals surface area (Å²) in [5.41, 5.74) is 0. The fourth-order valence-electron chi connectivity index (χ4n) is 11.1. The molecular formula is C73H142O17P2. The largest absolute Gasteiger partial charge is 0.472 e. The van der Waals surface area contributed by atoms with E-state index in [-0.39, 0.29) is 25.7 Å². The van der Waals surface area contributed by atoms with Gasteiger partial charge in [-0.3, -0.25) is 37.3 Å². The van der Waals surface area contributed by atoms with E-state index in [4.69, 9.17) is 37.0 Å². The molecule has 2 unspecified atom stereocenters. The normalized spacial score (nSPS) is 14.1. The zero-order valence-electron chi connectivity index (χ0n) is 59.9. The number of hydrogen-bond acceptors (Lipinski definition) is 15. The summed E-state index contributed by atoms with van der Waals surface area (Å²) in [6.07, 6.45) is 51.3. The van der Waals surface area contributed by atoms with Gasteiger partial charge < -0.3 is 33.8 Å². The lowest BCUT2D eigenvalue weighted by Crippen LogP contribution is -2.30. The number of ether oxygens (including phenoxy) is 4. The third-order valence-electron chi connectivity index (χ3n) is 17.0. The quantitative estimate of drug-likeness (QED) is 0.0222. The fourth-order valence-corrected chi connectivity index (χ4v) is 12.7. The molecule has 92 heavy (non-hydrogen) atoms. The van der Waals surface area contributed by atoms with Crippen LogP contribution in [0.3, 0.4) is 0 Å². The second-order valence-corrected chi connectivity index (χ2v) is 30.2. The lowest BCUT2D eigenvalue weighted by molar-refractivity contribution is -0.161. The molecule has 0 heterocycles. The molecule has 17 nitrogen and oxygen atoms in total. The lowest BCUT2D eigenvalue weighted by Gasteiger charge is -2.21. The van der Waals surface area contributed by atoms with Crippen molar-refractivity contribution < 1.29 is 80.2 Å². The highest BCUT2D eigenvalue weighted by molar-refractivity contribution is 7.47. The third kappa shape index (κ3) is 66.7. The maximum Gasteiger partial charge on any atom is 0.472 e. The van der Waals surface area contributed by atoms with Crippen LogP contribution in [0.1, 0.15) is 375 Å². The van der Waals surface area contributed by atoms with Gasteiger partial charge in [-0.15, -0.1) is 0 Å². The highest BCUT2D eigenvalue weighted by Gasteiger charge is 2.30. The number of carbonyl (C=O) groups excluding carboxylic acids is 4. The Kier molecular flexibility index (Phi) is 63.7. The summed E-state index contributed by atoms with van der Waals surface area (Å²) < 4.78 is 68.4. The van der Waals surface area contributed by atoms with Crippen LogP contribution >= 0.6 is 15.6 Å². The monoisotopic (exact) mass is 1350 g/mol. The highest BCUT2D eigenvalue weighted by atomic mass is 31.2. The van der Waals surface area contributed by atoms with Crippen molar-refractivity contribution in [2.24, 2.45) is 11.8 Å². The highest BCUT2D eigenvalue weighted by Crippen LogP contribution is 2.45. The van der Waals surface area contributed by atoms with Crippen molar-refractivity contribution in [3.8, 4) is 0 Å². The predicted octanol–water partition coefficient (Wildman–Crippen LogP) is 21.2. The van der Waals surface area contributed by atoms with Gasteiger partial charge in [-0.05, 0) is 37.5 Å². The van der Waals surface area contributed by atoms with Gasteiger partial charge in [0, 0.05) is 25.7 Å². The topological polar surface area (TPSA) is 237 Å². The van der Waals surface area contributed by atoms with E-state index in [1.807, 2.05) is 0 Å². The molecule has 0 aromatic rings. The first kappa shape index (κ1) is 90.1. The number of phosphoric ester groups is 2. The maximum atomic E-state index is 13.1. The molecule has 0 aromatic carbocycles. The minimum atomic E-state index is -4.95. The summed E-state index contributed by atoms with van der Waals surface area (Å²) in [6, 6.07) is 0. The van der Waals surface area contributed by atoms with Gasteiger partial charge in [0.2, 0.25) is 0 Å². The van der Waals surface area contributed by atoms with Crippen molar-refractivity contribution in [1.82, 2.24) is 0 Å². The number of rotatable bonds is 72. The van der Waals surface area contributed by atoms with Crippen LogP contribution in [0, 0.1) is 11.8 Å². The Morgan fingerprint density at radius 3 is 0.739 bits per heavy atom. The minimum absolute atomic E-state index is 0.107. The Bertz CT molecular complexity index is 1790. The summed E-state index contributed by atoms with van der Waals surface area (Å²) >= 11 is 0. The molecule has 0 radical (unpaired) electrons. The Morgan fingerprint density at radius 2 is 0.500 bits per heavy atom. The van der Waals surface area contributed by atoms with Crippen molar-refractivity contribution in [1.29, 1.82) is 0 Å². The van der Waals surface area contributed by atoms with Crippen molar-refractivity contribution >= 4 is 39.5 Å². The van der Waals surface area contributed by atoms with E-state index < -0.39 is 97.5 Å². The fraction of sp³-hybridized carbons (Fsp3) is 0.945. The van der Waals surface area contributed by atoms with Gasteiger partial charge in [-0.25, -0.2) is 9.13 Å². The number of unbranched alkanes of at least 4 members (excludes halogenated alkanes) is 42. The van der Waals surface area contributed by atoms with Crippen LogP contribution in [0.2, 0.25) is 0 Å². The van der Waals surface area contributed by atoms with E-state index in [1.54, 1.807) is 0 Å². The molecule has 0 rings (SSSR count). The molecule has 0 saturated heterocycles. The molecular weight excluding hydrogens is 1210 g/mol. The van der Waals surface area contributed by atoms with E-state index >= 15 is 0 Å². The van der Waals surface area contributed by atoms with E-state index in [1.165, 1.54) is 186 Å². The van der Waals surface area contributed by atoms with E-state index in [9.17, 15) is 43.2 Å². The summed E-state index contributed by atoms with van der Waals surface area (Å²) in [5.74, 6) is -0.554. The van der Waals surface area contributed by atoms with Gasteiger partial charge in [-0.2, -0.15) is 0 Å². The molecule has 5 atom stereocenters. The minimum Gasteiger partial charge on any atom is -0.462 e. The molecule has 0 amide bonds. The SMILES string of the molecule is CCCCCCCCCCCCCCCC(=O)O[C@H](COC(=O)CCCCCCCCCC)COP(=O)(O)OC[C@H](O)COP(=O)(O)OC[C@@H](COC(=O)CCCCCCCCCCCCCC(C)C)OC(=O)CCCCCCCCCCCCCCCCC(C)C. The van der Waals surface area contributed by atoms with Crippen LogP contribution in [0.4, 0.5) is 0 Å². The lowest BCUT2D eigenvalue weighted by atomic mass is 10.0. The van der Waals surface area contributed by atoms with Crippen molar-refractivity contribution in [2.75, 3.05) is 39.6 Å². The summed E-state index contributed by atoms with van der Waals surface area (Å²) in [7, 11) is -9.90. The Balaban J connectivity index is 5.22. The molecule has 0 aliphatic heterocycles. The molecule has 3 N–H and O–H groups in total. The first-order chi connectivity index (χ1) is 44.4. The third-order valence-corrected chi connectivity index (χ3v) is 18.9. The molecule has 19 heteroatoms. The average molecular weight is 1350 g/mol. The van der Waals surface area contributed by atoms with Gasteiger partial charge >= 0.3 is 39.5 Å². The van der Waals surface area contributed by atoms with Gasteiger partial charge in [0.1, 0.15) is 19.3 Å². The van der Waals surface area contributed by atoms with Crippen LogP contribution in [0.15, 0.2) is 0 Å². The molecule has 0 aliphatic carbocycles. The molecule has 0 aliphatic rings. The van der Waals surface area contributed by atoms with Crippen LogP contribution in [0.25, 0.3) is 0 Å². The van der Waals surface area contributed by atoms with E-state index in [2.05, 4.69) is 41.5 Å². The molecule has 0 fully saturated rings. The summed E-state index contributed by atoms with van der Waals surface area (Å²) in [6.45, 7) is 9.58. The van der Waals surface area contributed by atoms with Gasteiger partial charge in [0.05, 0.1) is 26.4 Å². The number of aliphatic hydroxyl groups is 1. The molecule has 0 aromatic heterocycles. The predicted molar refractivity (Wildman–Crippen MR) is 372 cm³/mol. The molecule has 0 bridgehead atoms. The average Bonchev–Trinajstić information content (AvgIpc) is 3.09. The van der Waals surface area contributed by atoms with Crippen LogP contribution in [-0.4, -0.2) is 96.7 Å². The van der Waals surface area contributed by atoms with Gasteiger partial charge in [0.25, 0.3) is 0 Å². The molecule has 0 saturated carbocycles. The van der Waals surface area contributed by atoms with E-state index in [0.717, 1.165) is 108 Å². The Labute approximate surface area is 562 Å². The smallest absolute Gasteiger partial charge is 0.462 e. The van der Waals surface area contributed by atoms with Gasteiger partial charge in [-0.1, -0.05) is 324 Å². The number of aliphatic hydroxyl groups excluding tert-OH is 1. The van der Waals surface area contributed by atoms with E-state index in [0.29, 0.717) is 25.7 Å². The van der Waals surface area contributed by atoms with Gasteiger partial charge in [0.15, 0.2) is 12.2 Å².